The van der Waals surface area contributed by atoms with Gasteiger partial charge < -0.3 is 10.3 Å². The minimum atomic E-state index is -0.342. The van der Waals surface area contributed by atoms with Crippen LogP contribution in [0.1, 0.15) is 36.2 Å². The Morgan fingerprint density at radius 1 is 1.07 bits per heavy atom. The fraction of sp³-hybridized carbons (Fsp3) is 0.238. The summed E-state index contributed by atoms with van der Waals surface area (Å²) >= 11 is 0. The molecule has 7 heteroatoms. The second kappa shape index (κ2) is 6.92. The molecule has 2 heterocycles. The zero-order valence-corrected chi connectivity index (χ0v) is 15.9. The van der Waals surface area contributed by atoms with Gasteiger partial charge in [-0.2, -0.15) is 5.10 Å². The Balaban J connectivity index is 1.74. The Kier molecular flexibility index (Phi) is 4.43. The van der Waals surface area contributed by atoms with Gasteiger partial charge in [-0.05, 0) is 24.1 Å². The largest absolute Gasteiger partial charge is 0.340 e. The van der Waals surface area contributed by atoms with Gasteiger partial charge in [0.25, 0.3) is 11.5 Å². The SMILES string of the molecule is CC(C)[C@@H](NC(=O)c1nn(C)c(=O)c2ccccc12)c1nc2ccccc2[nH]1. The summed E-state index contributed by atoms with van der Waals surface area (Å²) in [7, 11) is 1.55. The molecular formula is C21H21N5O2. The summed E-state index contributed by atoms with van der Waals surface area (Å²) in [6.45, 7) is 4.04. The first-order valence-corrected chi connectivity index (χ1v) is 9.17. The van der Waals surface area contributed by atoms with Crippen molar-refractivity contribution in [3.8, 4) is 0 Å². The number of rotatable bonds is 4. The van der Waals surface area contributed by atoms with Crippen molar-refractivity contribution in [3.05, 3.63) is 70.4 Å². The fourth-order valence-corrected chi connectivity index (χ4v) is 3.35. The first kappa shape index (κ1) is 17.9. The Labute approximate surface area is 161 Å². The van der Waals surface area contributed by atoms with Crippen LogP contribution in [0.4, 0.5) is 0 Å². The average molecular weight is 375 g/mol. The molecule has 1 amide bonds. The maximum absolute atomic E-state index is 13.1. The van der Waals surface area contributed by atoms with E-state index in [0.29, 0.717) is 16.6 Å². The molecule has 0 unspecified atom stereocenters. The number of aromatic amines is 1. The number of carbonyl (C=O) groups excluding carboxylic acids is 1. The van der Waals surface area contributed by atoms with Crippen LogP contribution in [0.3, 0.4) is 0 Å². The molecular weight excluding hydrogens is 354 g/mol. The van der Waals surface area contributed by atoms with Crippen LogP contribution in [0.15, 0.2) is 53.3 Å². The number of carbonyl (C=O) groups is 1. The summed E-state index contributed by atoms with van der Waals surface area (Å²) in [6.07, 6.45) is 0. The molecule has 0 aliphatic carbocycles. The summed E-state index contributed by atoms with van der Waals surface area (Å²) in [5, 5.41) is 8.25. The van der Waals surface area contributed by atoms with Crippen molar-refractivity contribution >= 4 is 27.7 Å². The Morgan fingerprint density at radius 2 is 1.75 bits per heavy atom. The molecule has 0 saturated carbocycles. The number of imidazole rings is 1. The summed E-state index contributed by atoms with van der Waals surface area (Å²) < 4.78 is 1.20. The van der Waals surface area contributed by atoms with Crippen LogP contribution in [-0.4, -0.2) is 25.7 Å². The molecule has 2 aromatic carbocycles. The summed E-state index contributed by atoms with van der Waals surface area (Å²) in [4.78, 5) is 33.3. The third kappa shape index (κ3) is 3.05. The smallest absolute Gasteiger partial charge is 0.274 e. The molecule has 142 valence electrons. The second-order valence-electron chi connectivity index (χ2n) is 7.16. The molecule has 0 saturated heterocycles. The Hall–Kier alpha value is -3.48. The normalized spacial score (nSPS) is 12.6. The van der Waals surface area contributed by atoms with E-state index in [1.807, 2.05) is 38.1 Å². The van der Waals surface area contributed by atoms with E-state index in [2.05, 4.69) is 20.4 Å². The van der Waals surface area contributed by atoms with Crippen LogP contribution in [0, 0.1) is 5.92 Å². The highest BCUT2D eigenvalue weighted by Gasteiger charge is 2.24. The molecule has 2 N–H and O–H groups in total. The van der Waals surface area contributed by atoms with Gasteiger partial charge in [0.15, 0.2) is 5.69 Å². The van der Waals surface area contributed by atoms with Gasteiger partial charge in [-0.15, -0.1) is 0 Å². The van der Waals surface area contributed by atoms with Gasteiger partial charge in [0.2, 0.25) is 0 Å². The molecule has 4 rings (SSSR count). The fourth-order valence-electron chi connectivity index (χ4n) is 3.35. The molecule has 28 heavy (non-hydrogen) atoms. The lowest BCUT2D eigenvalue weighted by Crippen LogP contribution is -2.35. The molecule has 0 fully saturated rings. The highest BCUT2D eigenvalue weighted by Crippen LogP contribution is 2.23. The van der Waals surface area contributed by atoms with E-state index in [9.17, 15) is 9.59 Å². The number of aryl methyl sites for hydroxylation is 1. The molecule has 7 nitrogen and oxygen atoms in total. The number of nitrogens with zero attached hydrogens (tertiary/aromatic N) is 3. The Morgan fingerprint density at radius 3 is 2.46 bits per heavy atom. The number of aromatic nitrogens is 4. The van der Waals surface area contributed by atoms with Crippen LogP contribution < -0.4 is 10.9 Å². The lowest BCUT2D eigenvalue weighted by molar-refractivity contribution is 0.0918. The zero-order chi connectivity index (χ0) is 19.8. The molecule has 0 spiro atoms. The number of nitrogens with one attached hydrogen (secondary N) is 2. The van der Waals surface area contributed by atoms with Crippen molar-refractivity contribution in [1.29, 1.82) is 0 Å². The van der Waals surface area contributed by atoms with Crippen LogP contribution in [0.5, 0.6) is 0 Å². The molecule has 1 atom stereocenters. The molecule has 2 aromatic heterocycles. The molecule has 0 aliphatic heterocycles. The van der Waals surface area contributed by atoms with Crippen molar-refractivity contribution < 1.29 is 4.79 Å². The van der Waals surface area contributed by atoms with Crippen LogP contribution in [-0.2, 0) is 7.05 Å². The van der Waals surface area contributed by atoms with Gasteiger partial charge in [-0.3, -0.25) is 9.59 Å². The number of benzene rings is 2. The number of hydrogen-bond acceptors (Lipinski definition) is 4. The highest BCUT2D eigenvalue weighted by atomic mass is 16.2. The lowest BCUT2D eigenvalue weighted by atomic mass is 10.0. The second-order valence-corrected chi connectivity index (χ2v) is 7.16. The maximum Gasteiger partial charge on any atom is 0.274 e. The lowest BCUT2D eigenvalue weighted by Gasteiger charge is -2.20. The topological polar surface area (TPSA) is 92.7 Å². The van der Waals surface area contributed by atoms with Gasteiger partial charge in [0.05, 0.1) is 22.5 Å². The number of hydrogen-bond donors (Lipinski definition) is 2. The molecule has 0 radical (unpaired) electrons. The van der Waals surface area contributed by atoms with Crippen molar-refractivity contribution in [2.24, 2.45) is 13.0 Å². The minimum Gasteiger partial charge on any atom is -0.340 e. The number of fused-ring (bicyclic) bond motifs is 2. The standard InChI is InChI=1S/C21H21N5O2/c1-12(2)17(19-22-15-10-6-7-11-16(15)23-19)24-20(27)18-13-8-4-5-9-14(13)21(28)26(3)25-18/h4-12,17H,1-3H3,(H,22,23)(H,24,27)/t17-/m1/s1. The highest BCUT2D eigenvalue weighted by molar-refractivity contribution is 6.04. The van der Waals surface area contributed by atoms with Gasteiger partial charge in [-0.25, -0.2) is 9.67 Å². The monoisotopic (exact) mass is 375 g/mol. The first-order chi connectivity index (χ1) is 13.5. The average Bonchev–Trinajstić information content (AvgIpc) is 3.12. The van der Waals surface area contributed by atoms with E-state index in [4.69, 9.17) is 0 Å². The number of H-pyrrole nitrogens is 1. The van der Waals surface area contributed by atoms with Crippen molar-refractivity contribution in [3.63, 3.8) is 0 Å². The summed E-state index contributed by atoms with van der Waals surface area (Å²) in [5.41, 5.74) is 1.76. The summed E-state index contributed by atoms with van der Waals surface area (Å²) in [6, 6.07) is 14.4. The minimum absolute atomic E-state index is 0.100. The van der Waals surface area contributed by atoms with E-state index < -0.39 is 0 Å². The number of para-hydroxylation sites is 2. The van der Waals surface area contributed by atoms with Crippen molar-refractivity contribution in [2.45, 2.75) is 19.9 Å². The van der Waals surface area contributed by atoms with Crippen LogP contribution in [0.25, 0.3) is 21.8 Å². The van der Waals surface area contributed by atoms with Crippen molar-refractivity contribution in [2.75, 3.05) is 0 Å². The van der Waals surface area contributed by atoms with Crippen LogP contribution in [0.2, 0.25) is 0 Å². The molecule has 0 aliphatic rings. The third-order valence-corrected chi connectivity index (χ3v) is 4.83. The first-order valence-electron chi connectivity index (χ1n) is 9.17. The van der Waals surface area contributed by atoms with Crippen molar-refractivity contribution in [1.82, 2.24) is 25.1 Å². The van der Waals surface area contributed by atoms with E-state index in [1.54, 1.807) is 31.3 Å². The maximum atomic E-state index is 13.1. The van der Waals surface area contributed by atoms with E-state index in [-0.39, 0.29) is 29.1 Å². The predicted octanol–water partition coefficient (Wildman–Crippen LogP) is 2.94. The number of amides is 1. The Bertz CT molecular complexity index is 1210. The quantitative estimate of drug-likeness (QED) is 0.574. The summed E-state index contributed by atoms with van der Waals surface area (Å²) in [5.74, 6) is 0.452. The van der Waals surface area contributed by atoms with Gasteiger partial charge in [0.1, 0.15) is 5.82 Å². The molecule has 0 bridgehead atoms. The van der Waals surface area contributed by atoms with Gasteiger partial charge in [0, 0.05) is 12.4 Å². The van der Waals surface area contributed by atoms with E-state index >= 15 is 0 Å². The van der Waals surface area contributed by atoms with E-state index in [0.717, 1.165) is 11.0 Å². The van der Waals surface area contributed by atoms with E-state index in [1.165, 1.54) is 4.68 Å². The zero-order valence-electron chi connectivity index (χ0n) is 15.9. The molecule has 4 aromatic rings. The predicted molar refractivity (Wildman–Crippen MR) is 108 cm³/mol. The van der Waals surface area contributed by atoms with Gasteiger partial charge in [-0.1, -0.05) is 44.2 Å². The van der Waals surface area contributed by atoms with Crippen LogP contribution >= 0.6 is 0 Å². The van der Waals surface area contributed by atoms with Gasteiger partial charge >= 0.3 is 0 Å². The third-order valence-electron chi connectivity index (χ3n) is 4.83.